The molecule has 1 fully saturated rings. The highest BCUT2D eigenvalue weighted by Crippen LogP contribution is 2.29. The van der Waals surface area contributed by atoms with E-state index in [2.05, 4.69) is 36.4 Å². The second kappa shape index (κ2) is 4.48. The third kappa shape index (κ3) is 2.01. The summed E-state index contributed by atoms with van der Waals surface area (Å²) in [5.74, 6) is 0. The normalized spacial score (nSPS) is 21.7. The molecule has 0 spiro atoms. The van der Waals surface area contributed by atoms with Crippen LogP contribution in [-0.4, -0.2) is 16.7 Å². The zero-order chi connectivity index (χ0) is 12.5. The molecule has 94 valence electrons. The summed E-state index contributed by atoms with van der Waals surface area (Å²) >= 11 is 0. The molecule has 0 amide bonds. The first-order valence-electron chi connectivity index (χ1n) is 6.68. The summed E-state index contributed by atoms with van der Waals surface area (Å²) in [7, 11) is 0. The summed E-state index contributed by atoms with van der Waals surface area (Å²) in [6.45, 7) is 4.35. The monoisotopic (exact) mass is 241 g/mol. The van der Waals surface area contributed by atoms with E-state index in [1.807, 2.05) is 12.3 Å². The Balaban J connectivity index is 1.92. The van der Waals surface area contributed by atoms with Gasteiger partial charge in [0.2, 0.25) is 0 Å². The van der Waals surface area contributed by atoms with Crippen molar-refractivity contribution in [1.29, 1.82) is 0 Å². The van der Waals surface area contributed by atoms with Crippen molar-refractivity contribution in [2.24, 2.45) is 4.99 Å². The molecule has 18 heavy (non-hydrogen) atoms. The molecular formula is C15H19N3. The molecule has 2 heterocycles. The van der Waals surface area contributed by atoms with E-state index in [9.17, 15) is 0 Å². The number of aliphatic imine (C=N–C) groups is 1. The standard InChI is InChI=1S/C15H19N3/c1-3-12-10(2)14(9-17-11-6-7-11)18-15(12)13-5-4-8-16-13/h4-5,8-9,11,16-17H,3,6-7H2,1-2H3. The highest BCUT2D eigenvalue weighted by Gasteiger charge is 2.23. The minimum Gasteiger partial charge on any atom is -0.386 e. The maximum atomic E-state index is 4.77. The fourth-order valence-corrected chi connectivity index (χ4v) is 2.32. The first-order valence-corrected chi connectivity index (χ1v) is 6.68. The molecular weight excluding hydrogens is 222 g/mol. The van der Waals surface area contributed by atoms with Crippen LogP contribution in [0.5, 0.6) is 0 Å². The lowest BCUT2D eigenvalue weighted by molar-refractivity contribution is 0.853. The molecule has 3 nitrogen and oxygen atoms in total. The van der Waals surface area contributed by atoms with Gasteiger partial charge in [0.05, 0.1) is 17.1 Å². The lowest BCUT2D eigenvalue weighted by Gasteiger charge is -2.02. The van der Waals surface area contributed by atoms with Gasteiger partial charge in [0, 0.05) is 18.4 Å². The summed E-state index contributed by atoms with van der Waals surface area (Å²) in [4.78, 5) is 8.02. The van der Waals surface area contributed by atoms with Gasteiger partial charge in [-0.15, -0.1) is 0 Å². The molecule has 0 atom stereocenters. The second-order valence-electron chi connectivity index (χ2n) is 4.97. The van der Waals surface area contributed by atoms with Crippen molar-refractivity contribution in [3.8, 4) is 0 Å². The lowest BCUT2D eigenvalue weighted by atomic mass is 10.0. The molecule has 0 radical (unpaired) electrons. The third-order valence-corrected chi connectivity index (χ3v) is 3.59. The second-order valence-corrected chi connectivity index (χ2v) is 4.97. The number of aromatic amines is 1. The smallest absolute Gasteiger partial charge is 0.0907 e. The number of H-pyrrole nitrogens is 1. The van der Waals surface area contributed by atoms with Crippen LogP contribution in [0.3, 0.4) is 0 Å². The SMILES string of the molecule is CCC1=C(C)C(=CNC2CC2)N=C1c1ccc[nH]1. The van der Waals surface area contributed by atoms with Crippen LogP contribution in [0.15, 0.2) is 46.4 Å². The van der Waals surface area contributed by atoms with E-state index >= 15 is 0 Å². The van der Waals surface area contributed by atoms with Gasteiger partial charge in [-0.1, -0.05) is 6.92 Å². The summed E-state index contributed by atoms with van der Waals surface area (Å²) < 4.78 is 0. The van der Waals surface area contributed by atoms with Crippen LogP contribution in [0.1, 0.15) is 38.8 Å². The largest absolute Gasteiger partial charge is 0.386 e. The number of hydrogen-bond donors (Lipinski definition) is 2. The summed E-state index contributed by atoms with van der Waals surface area (Å²) in [5.41, 5.74) is 5.95. The van der Waals surface area contributed by atoms with E-state index in [1.165, 1.54) is 24.0 Å². The molecule has 1 aliphatic carbocycles. The van der Waals surface area contributed by atoms with E-state index in [4.69, 9.17) is 4.99 Å². The van der Waals surface area contributed by atoms with Crippen LogP contribution in [0.25, 0.3) is 0 Å². The van der Waals surface area contributed by atoms with Gasteiger partial charge < -0.3 is 10.3 Å². The van der Waals surface area contributed by atoms with Crippen LogP contribution in [-0.2, 0) is 0 Å². The van der Waals surface area contributed by atoms with Gasteiger partial charge in [-0.25, -0.2) is 4.99 Å². The lowest BCUT2D eigenvalue weighted by Crippen LogP contribution is -2.07. The van der Waals surface area contributed by atoms with Crippen molar-refractivity contribution in [2.75, 3.05) is 0 Å². The summed E-state index contributed by atoms with van der Waals surface area (Å²) in [6, 6.07) is 4.78. The predicted molar refractivity (Wildman–Crippen MR) is 74.6 cm³/mol. The number of allylic oxidation sites excluding steroid dienone is 2. The van der Waals surface area contributed by atoms with Crippen molar-refractivity contribution >= 4 is 5.71 Å². The van der Waals surface area contributed by atoms with Crippen molar-refractivity contribution in [3.05, 3.63) is 47.1 Å². The van der Waals surface area contributed by atoms with Gasteiger partial charge in [-0.05, 0) is 49.5 Å². The number of aromatic nitrogens is 1. The van der Waals surface area contributed by atoms with Crippen molar-refractivity contribution in [1.82, 2.24) is 10.3 Å². The van der Waals surface area contributed by atoms with Crippen molar-refractivity contribution in [2.45, 2.75) is 39.2 Å². The Morgan fingerprint density at radius 1 is 1.50 bits per heavy atom. The Bertz CT molecular complexity index is 528. The van der Waals surface area contributed by atoms with Crippen LogP contribution in [0.4, 0.5) is 0 Å². The van der Waals surface area contributed by atoms with E-state index in [0.29, 0.717) is 6.04 Å². The molecule has 3 heteroatoms. The van der Waals surface area contributed by atoms with Gasteiger partial charge in [0.15, 0.2) is 0 Å². The Hall–Kier alpha value is -1.77. The quantitative estimate of drug-likeness (QED) is 0.835. The Labute approximate surface area is 108 Å². The molecule has 2 N–H and O–H groups in total. The molecule has 0 bridgehead atoms. The highest BCUT2D eigenvalue weighted by molar-refractivity contribution is 6.14. The summed E-state index contributed by atoms with van der Waals surface area (Å²) in [6.07, 6.45) is 7.63. The van der Waals surface area contributed by atoms with Gasteiger partial charge >= 0.3 is 0 Å². The zero-order valence-electron chi connectivity index (χ0n) is 11.0. The first-order chi connectivity index (χ1) is 8.79. The maximum absolute atomic E-state index is 4.77. The van der Waals surface area contributed by atoms with E-state index < -0.39 is 0 Å². The molecule has 1 aliphatic heterocycles. The minimum absolute atomic E-state index is 0.681. The van der Waals surface area contributed by atoms with Gasteiger partial charge in [-0.3, -0.25) is 0 Å². The topological polar surface area (TPSA) is 40.2 Å². The molecule has 0 unspecified atom stereocenters. The third-order valence-electron chi connectivity index (χ3n) is 3.59. The molecule has 0 saturated heterocycles. The first kappa shape index (κ1) is 11.3. The van der Waals surface area contributed by atoms with Gasteiger partial charge in [-0.2, -0.15) is 0 Å². The number of hydrogen-bond acceptors (Lipinski definition) is 2. The van der Waals surface area contributed by atoms with Gasteiger partial charge in [0.25, 0.3) is 0 Å². The number of nitrogens with zero attached hydrogens (tertiary/aromatic N) is 1. The van der Waals surface area contributed by atoms with E-state index in [0.717, 1.165) is 23.5 Å². The molecule has 0 aromatic carbocycles. The molecule has 3 rings (SSSR count). The zero-order valence-corrected chi connectivity index (χ0v) is 11.0. The van der Waals surface area contributed by atoms with E-state index in [-0.39, 0.29) is 0 Å². The molecule has 1 aromatic rings. The van der Waals surface area contributed by atoms with Crippen LogP contribution in [0.2, 0.25) is 0 Å². The average molecular weight is 241 g/mol. The van der Waals surface area contributed by atoms with Gasteiger partial charge in [0.1, 0.15) is 0 Å². The fourth-order valence-electron chi connectivity index (χ4n) is 2.32. The molecule has 1 aromatic heterocycles. The van der Waals surface area contributed by atoms with Crippen molar-refractivity contribution < 1.29 is 0 Å². The Kier molecular flexibility index (Phi) is 2.82. The van der Waals surface area contributed by atoms with Crippen LogP contribution in [0, 0.1) is 0 Å². The Morgan fingerprint density at radius 2 is 2.33 bits per heavy atom. The maximum Gasteiger partial charge on any atom is 0.0907 e. The number of nitrogens with one attached hydrogen (secondary N) is 2. The minimum atomic E-state index is 0.681. The van der Waals surface area contributed by atoms with Crippen molar-refractivity contribution in [3.63, 3.8) is 0 Å². The van der Waals surface area contributed by atoms with Crippen LogP contribution < -0.4 is 5.32 Å². The fraction of sp³-hybridized carbons (Fsp3) is 0.400. The molecule has 1 saturated carbocycles. The molecule has 2 aliphatic rings. The predicted octanol–water partition coefficient (Wildman–Crippen LogP) is 3.14. The van der Waals surface area contributed by atoms with Crippen LogP contribution >= 0.6 is 0 Å². The average Bonchev–Trinajstić information content (AvgIpc) is 2.93. The van der Waals surface area contributed by atoms with E-state index in [1.54, 1.807) is 0 Å². The highest BCUT2D eigenvalue weighted by atomic mass is 15.0. The number of rotatable bonds is 4. The summed E-state index contributed by atoms with van der Waals surface area (Å²) in [5, 5.41) is 3.43. The Morgan fingerprint density at radius 3 is 2.94 bits per heavy atom.